The molecule has 30 heavy (non-hydrogen) atoms. The minimum absolute atomic E-state index is 0.0129. The molecule has 156 valence electrons. The molecule has 0 radical (unpaired) electrons. The molecule has 1 heterocycles. The minimum Gasteiger partial charge on any atom is -0.352 e. The van der Waals surface area contributed by atoms with Crippen LogP contribution in [0.1, 0.15) is 35.3 Å². The maximum absolute atomic E-state index is 13.2. The van der Waals surface area contributed by atoms with E-state index in [0.29, 0.717) is 17.7 Å². The van der Waals surface area contributed by atoms with Crippen LogP contribution in [0.25, 0.3) is 5.69 Å². The standard InChI is InChI=1S/C22H22ClFN4O2/c1-14(2)21(29)25-11-16-12-27-28(13-16)18-6-4-17(5-7-18)22(30)26-10-15-3-8-20(24)19(23)9-15/h3-9,12-14H,10-11H2,1-2H3,(H,25,29)(H,26,30). The molecular formula is C22H22ClFN4O2. The summed E-state index contributed by atoms with van der Waals surface area (Å²) in [5, 5.41) is 9.94. The van der Waals surface area contributed by atoms with E-state index in [1.54, 1.807) is 41.2 Å². The summed E-state index contributed by atoms with van der Waals surface area (Å²) < 4.78 is 14.9. The summed E-state index contributed by atoms with van der Waals surface area (Å²) in [4.78, 5) is 24.0. The number of nitrogens with one attached hydrogen (secondary N) is 2. The molecule has 0 aliphatic rings. The third-order valence-corrected chi connectivity index (χ3v) is 4.75. The molecule has 0 aliphatic heterocycles. The number of amides is 2. The fraction of sp³-hybridized carbons (Fsp3) is 0.227. The van der Waals surface area contributed by atoms with E-state index in [1.165, 1.54) is 12.1 Å². The zero-order chi connectivity index (χ0) is 21.7. The summed E-state index contributed by atoms with van der Waals surface area (Å²) in [6.07, 6.45) is 3.52. The lowest BCUT2D eigenvalue weighted by atomic mass is 10.1. The Hall–Kier alpha value is -3.19. The Morgan fingerprint density at radius 3 is 2.43 bits per heavy atom. The Morgan fingerprint density at radius 2 is 1.77 bits per heavy atom. The Morgan fingerprint density at radius 1 is 1.07 bits per heavy atom. The first kappa shape index (κ1) is 21.5. The second kappa shape index (κ2) is 9.54. The molecule has 0 fully saturated rings. The number of benzene rings is 2. The van der Waals surface area contributed by atoms with Gasteiger partial charge in [-0.1, -0.05) is 31.5 Å². The Labute approximate surface area is 179 Å². The normalized spacial score (nSPS) is 10.8. The third-order valence-electron chi connectivity index (χ3n) is 4.46. The minimum atomic E-state index is -0.494. The predicted octanol–water partition coefficient (Wildman–Crippen LogP) is 3.87. The lowest BCUT2D eigenvalue weighted by Crippen LogP contribution is -2.26. The largest absolute Gasteiger partial charge is 0.352 e. The van der Waals surface area contributed by atoms with Gasteiger partial charge >= 0.3 is 0 Å². The van der Waals surface area contributed by atoms with Crippen LogP contribution in [0.3, 0.4) is 0 Å². The van der Waals surface area contributed by atoms with Crippen molar-refractivity contribution in [3.8, 4) is 5.69 Å². The Balaban J connectivity index is 1.58. The van der Waals surface area contributed by atoms with Gasteiger partial charge in [-0.3, -0.25) is 9.59 Å². The summed E-state index contributed by atoms with van der Waals surface area (Å²) in [6, 6.07) is 11.3. The molecule has 3 rings (SSSR count). The SMILES string of the molecule is CC(C)C(=O)NCc1cnn(-c2ccc(C(=O)NCc3ccc(F)c(Cl)c3)cc2)c1. The zero-order valence-electron chi connectivity index (χ0n) is 16.7. The maximum atomic E-state index is 13.2. The number of halogens is 2. The van der Waals surface area contributed by atoms with E-state index < -0.39 is 5.82 Å². The number of hydrogen-bond donors (Lipinski definition) is 2. The second-order valence-corrected chi connectivity index (χ2v) is 7.55. The van der Waals surface area contributed by atoms with E-state index in [2.05, 4.69) is 15.7 Å². The molecule has 6 nitrogen and oxygen atoms in total. The first-order valence-electron chi connectivity index (χ1n) is 9.47. The van der Waals surface area contributed by atoms with Crippen LogP contribution in [0, 0.1) is 11.7 Å². The van der Waals surface area contributed by atoms with Gasteiger partial charge in [-0.2, -0.15) is 5.10 Å². The summed E-state index contributed by atoms with van der Waals surface area (Å²) in [5.74, 6) is -0.828. The van der Waals surface area contributed by atoms with Gasteiger partial charge in [0.15, 0.2) is 0 Å². The number of aromatic nitrogens is 2. The highest BCUT2D eigenvalue weighted by atomic mass is 35.5. The van der Waals surface area contributed by atoms with Crippen LogP contribution in [-0.2, 0) is 17.9 Å². The molecular weight excluding hydrogens is 407 g/mol. The summed E-state index contributed by atoms with van der Waals surface area (Å²) in [6.45, 7) is 4.33. The van der Waals surface area contributed by atoms with Gasteiger partial charge in [-0.25, -0.2) is 9.07 Å². The third kappa shape index (κ3) is 5.45. The maximum Gasteiger partial charge on any atom is 0.251 e. The van der Waals surface area contributed by atoms with Gasteiger partial charge in [0.2, 0.25) is 5.91 Å². The fourth-order valence-corrected chi connectivity index (χ4v) is 2.89. The van der Waals surface area contributed by atoms with E-state index in [0.717, 1.165) is 11.3 Å². The number of carbonyl (C=O) groups excluding carboxylic acids is 2. The molecule has 0 atom stereocenters. The van der Waals surface area contributed by atoms with Gasteiger partial charge in [0.25, 0.3) is 5.91 Å². The average molecular weight is 429 g/mol. The molecule has 0 saturated carbocycles. The molecule has 0 aliphatic carbocycles. The van der Waals surface area contributed by atoms with Gasteiger partial charge in [0.1, 0.15) is 5.82 Å². The number of nitrogens with zero attached hydrogens (tertiary/aromatic N) is 2. The van der Waals surface area contributed by atoms with E-state index >= 15 is 0 Å². The molecule has 0 bridgehead atoms. The van der Waals surface area contributed by atoms with Crippen LogP contribution in [0.2, 0.25) is 5.02 Å². The van der Waals surface area contributed by atoms with E-state index in [1.807, 2.05) is 20.0 Å². The fourth-order valence-electron chi connectivity index (χ4n) is 2.69. The molecule has 0 unspecified atom stereocenters. The van der Waals surface area contributed by atoms with E-state index in [9.17, 15) is 14.0 Å². The van der Waals surface area contributed by atoms with E-state index in [4.69, 9.17) is 11.6 Å². The van der Waals surface area contributed by atoms with Crippen LogP contribution in [0.4, 0.5) is 4.39 Å². The topological polar surface area (TPSA) is 76.0 Å². The zero-order valence-corrected chi connectivity index (χ0v) is 17.4. The smallest absolute Gasteiger partial charge is 0.251 e. The second-order valence-electron chi connectivity index (χ2n) is 7.14. The first-order chi connectivity index (χ1) is 14.3. The van der Waals surface area contributed by atoms with Crippen LogP contribution in [-0.4, -0.2) is 21.6 Å². The van der Waals surface area contributed by atoms with Crippen LogP contribution in [0.5, 0.6) is 0 Å². The van der Waals surface area contributed by atoms with Crippen molar-refractivity contribution < 1.29 is 14.0 Å². The molecule has 0 saturated heterocycles. The predicted molar refractivity (Wildman–Crippen MR) is 113 cm³/mol. The van der Waals surface area contributed by atoms with Crippen molar-refractivity contribution in [2.75, 3.05) is 0 Å². The Bertz CT molecular complexity index is 1050. The van der Waals surface area contributed by atoms with E-state index in [-0.39, 0.29) is 29.3 Å². The summed E-state index contributed by atoms with van der Waals surface area (Å²) in [5.41, 5.74) is 2.87. The lowest BCUT2D eigenvalue weighted by molar-refractivity contribution is -0.124. The summed E-state index contributed by atoms with van der Waals surface area (Å²) in [7, 11) is 0. The number of carbonyl (C=O) groups is 2. The van der Waals surface area contributed by atoms with Crippen molar-refractivity contribution in [3.05, 3.63) is 82.4 Å². The quantitative estimate of drug-likeness (QED) is 0.599. The highest BCUT2D eigenvalue weighted by Crippen LogP contribution is 2.16. The highest BCUT2D eigenvalue weighted by Gasteiger charge is 2.09. The van der Waals surface area contributed by atoms with Crippen LogP contribution in [0.15, 0.2) is 54.9 Å². The molecule has 8 heteroatoms. The molecule has 2 amide bonds. The lowest BCUT2D eigenvalue weighted by Gasteiger charge is -2.07. The van der Waals surface area contributed by atoms with Crippen molar-refractivity contribution >= 4 is 23.4 Å². The molecule has 2 N–H and O–H groups in total. The molecule has 3 aromatic rings. The van der Waals surface area contributed by atoms with Crippen molar-refractivity contribution in [2.24, 2.45) is 5.92 Å². The van der Waals surface area contributed by atoms with Crippen molar-refractivity contribution in [1.29, 1.82) is 0 Å². The Kier molecular flexibility index (Phi) is 6.84. The van der Waals surface area contributed by atoms with Crippen molar-refractivity contribution in [1.82, 2.24) is 20.4 Å². The molecule has 2 aromatic carbocycles. The van der Waals surface area contributed by atoms with Gasteiger partial charge in [0.05, 0.1) is 16.9 Å². The number of rotatable bonds is 7. The molecule has 0 spiro atoms. The van der Waals surface area contributed by atoms with Gasteiger partial charge < -0.3 is 10.6 Å². The highest BCUT2D eigenvalue weighted by molar-refractivity contribution is 6.30. The average Bonchev–Trinajstić information content (AvgIpc) is 3.21. The summed E-state index contributed by atoms with van der Waals surface area (Å²) >= 11 is 5.76. The first-order valence-corrected chi connectivity index (χ1v) is 9.85. The van der Waals surface area contributed by atoms with Crippen molar-refractivity contribution in [3.63, 3.8) is 0 Å². The number of hydrogen-bond acceptors (Lipinski definition) is 3. The van der Waals surface area contributed by atoms with Crippen molar-refractivity contribution in [2.45, 2.75) is 26.9 Å². The van der Waals surface area contributed by atoms with Crippen LogP contribution >= 0.6 is 11.6 Å². The van der Waals surface area contributed by atoms with Crippen LogP contribution < -0.4 is 10.6 Å². The van der Waals surface area contributed by atoms with Gasteiger partial charge in [0, 0.05) is 36.3 Å². The van der Waals surface area contributed by atoms with Gasteiger partial charge in [-0.15, -0.1) is 0 Å². The molecule has 1 aromatic heterocycles. The monoisotopic (exact) mass is 428 g/mol. The van der Waals surface area contributed by atoms with Gasteiger partial charge in [-0.05, 0) is 42.0 Å².